The quantitative estimate of drug-likeness (QED) is 0.865. The van der Waals surface area contributed by atoms with Crippen LogP contribution >= 0.6 is 0 Å². The van der Waals surface area contributed by atoms with Gasteiger partial charge in [-0.25, -0.2) is 4.79 Å². The van der Waals surface area contributed by atoms with Crippen LogP contribution in [0.15, 0.2) is 27.4 Å². The Morgan fingerprint density at radius 3 is 2.89 bits per heavy atom. The molecule has 5 nitrogen and oxygen atoms in total. The van der Waals surface area contributed by atoms with Crippen LogP contribution in [0, 0.1) is 0 Å². The SMILES string of the molecule is O=c1[nH]c2cc(C3(CNC4CC4)COC3)ccc2o1. The van der Waals surface area contributed by atoms with Gasteiger partial charge in [-0.2, -0.15) is 0 Å². The van der Waals surface area contributed by atoms with Gasteiger partial charge in [0.05, 0.1) is 24.1 Å². The fourth-order valence-corrected chi connectivity index (χ4v) is 2.63. The second-order valence-corrected chi connectivity index (χ2v) is 5.65. The second kappa shape index (κ2) is 3.95. The minimum Gasteiger partial charge on any atom is -0.408 e. The summed E-state index contributed by atoms with van der Waals surface area (Å²) in [6.07, 6.45) is 2.57. The van der Waals surface area contributed by atoms with Crippen molar-refractivity contribution >= 4 is 11.1 Å². The van der Waals surface area contributed by atoms with Gasteiger partial charge in [-0.15, -0.1) is 0 Å². The van der Waals surface area contributed by atoms with Crippen molar-refractivity contribution in [2.45, 2.75) is 24.3 Å². The van der Waals surface area contributed by atoms with Gasteiger partial charge in [-0.3, -0.25) is 4.98 Å². The molecule has 5 heteroatoms. The van der Waals surface area contributed by atoms with Gasteiger partial charge in [0.1, 0.15) is 0 Å². The molecular formula is C14H16N2O3. The summed E-state index contributed by atoms with van der Waals surface area (Å²) in [5.41, 5.74) is 2.63. The highest BCUT2D eigenvalue weighted by Gasteiger charge is 2.41. The Hall–Kier alpha value is -1.59. The number of fused-ring (bicyclic) bond motifs is 1. The van der Waals surface area contributed by atoms with E-state index in [4.69, 9.17) is 9.15 Å². The third-order valence-electron chi connectivity index (χ3n) is 4.09. The topological polar surface area (TPSA) is 67.3 Å². The van der Waals surface area contributed by atoms with E-state index in [0.717, 1.165) is 25.3 Å². The lowest BCUT2D eigenvalue weighted by molar-refractivity contribution is -0.0591. The Labute approximate surface area is 109 Å². The lowest BCUT2D eigenvalue weighted by Crippen LogP contribution is -2.53. The maximum Gasteiger partial charge on any atom is 0.417 e. The van der Waals surface area contributed by atoms with Gasteiger partial charge < -0.3 is 14.5 Å². The highest BCUT2D eigenvalue weighted by atomic mass is 16.5. The number of hydrogen-bond donors (Lipinski definition) is 2. The first-order valence-corrected chi connectivity index (χ1v) is 6.70. The van der Waals surface area contributed by atoms with Gasteiger partial charge in [-0.05, 0) is 30.5 Å². The first-order valence-electron chi connectivity index (χ1n) is 6.70. The minimum absolute atomic E-state index is 0.0466. The number of nitrogens with one attached hydrogen (secondary N) is 2. The molecule has 1 aliphatic heterocycles. The number of aromatic nitrogens is 1. The average molecular weight is 260 g/mol. The Kier molecular flexibility index (Phi) is 2.34. The molecule has 1 saturated carbocycles. The van der Waals surface area contributed by atoms with Crippen LogP contribution in [0.1, 0.15) is 18.4 Å². The van der Waals surface area contributed by atoms with Crippen molar-refractivity contribution in [3.63, 3.8) is 0 Å². The van der Waals surface area contributed by atoms with Gasteiger partial charge in [0.2, 0.25) is 0 Å². The number of rotatable bonds is 4. The van der Waals surface area contributed by atoms with Crippen LogP contribution in [0.5, 0.6) is 0 Å². The fourth-order valence-electron chi connectivity index (χ4n) is 2.63. The fraction of sp³-hybridized carbons (Fsp3) is 0.500. The zero-order chi connectivity index (χ0) is 12.9. The number of ether oxygens (including phenoxy) is 1. The first kappa shape index (κ1) is 11.3. The molecule has 0 radical (unpaired) electrons. The summed E-state index contributed by atoms with van der Waals surface area (Å²) in [4.78, 5) is 13.9. The Morgan fingerprint density at radius 1 is 1.37 bits per heavy atom. The number of H-pyrrole nitrogens is 1. The van der Waals surface area contributed by atoms with E-state index in [1.807, 2.05) is 18.2 Å². The zero-order valence-electron chi connectivity index (χ0n) is 10.6. The Morgan fingerprint density at radius 2 is 2.21 bits per heavy atom. The van der Waals surface area contributed by atoms with E-state index in [9.17, 15) is 4.79 Å². The van der Waals surface area contributed by atoms with Crippen molar-refractivity contribution in [1.82, 2.24) is 10.3 Å². The predicted octanol–water partition coefficient (Wildman–Crippen LogP) is 1.14. The van der Waals surface area contributed by atoms with Gasteiger partial charge in [0.15, 0.2) is 5.58 Å². The first-order chi connectivity index (χ1) is 9.25. The summed E-state index contributed by atoms with van der Waals surface area (Å²) >= 11 is 0. The molecule has 2 aromatic rings. The molecule has 100 valence electrons. The van der Waals surface area contributed by atoms with E-state index in [0.29, 0.717) is 11.6 Å². The molecule has 1 aromatic heterocycles. The second-order valence-electron chi connectivity index (χ2n) is 5.65. The van der Waals surface area contributed by atoms with Gasteiger partial charge in [0, 0.05) is 12.6 Å². The molecule has 4 rings (SSSR count). The highest BCUT2D eigenvalue weighted by Crippen LogP contribution is 2.34. The van der Waals surface area contributed by atoms with Gasteiger partial charge in [-0.1, -0.05) is 6.07 Å². The van der Waals surface area contributed by atoms with Crippen LogP contribution in [0.4, 0.5) is 0 Å². The van der Waals surface area contributed by atoms with Crippen LogP contribution in [-0.4, -0.2) is 30.8 Å². The van der Waals surface area contributed by atoms with Crippen LogP contribution < -0.4 is 11.1 Å². The third-order valence-corrected chi connectivity index (χ3v) is 4.09. The van der Waals surface area contributed by atoms with Gasteiger partial charge >= 0.3 is 5.76 Å². The van der Waals surface area contributed by atoms with Crippen molar-refractivity contribution < 1.29 is 9.15 Å². The smallest absolute Gasteiger partial charge is 0.408 e. The van der Waals surface area contributed by atoms with Crippen LogP contribution in [0.3, 0.4) is 0 Å². The molecule has 0 unspecified atom stereocenters. The van der Waals surface area contributed by atoms with Crippen LogP contribution in [0.25, 0.3) is 11.1 Å². The van der Waals surface area contributed by atoms with Crippen molar-refractivity contribution in [3.8, 4) is 0 Å². The van der Waals surface area contributed by atoms with E-state index in [2.05, 4.69) is 10.3 Å². The standard InChI is InChI=1S/C14H16N2O3/c17-13-16-11-5-9(1-4-12(11)19-13)14(7-18-8-14)6-15-10-2-3-10/h1,4-5,10,15H,2-3,6-8H2,(H,16,17). The molecule has 19 heavy (non-hydrogen) atoms. The van der Waals surface area contributed by atoms with Crippen molar-refractivity contribution in [3.05, 3.63) is 34.3 Å². The normalized spacial score (nSPS) is 21.5. The van der Waals surface area contributed by atoms with Crippen molar-refractivity contribution in [2.75, 3.05) is 19.8 Å². The number of benzene rings is 1. The third kappa shape index (κ3) is 1.89. The molecule has 0 atom stereocenters. The number of oxazole rings is 1. The van der Waals surface area contributed by atoms with Gasteiger partial charge in [0.25, 0.3) is 0 Å². The molecule has 1 aromatic carbocycles. The van der Waals surface area contributed by atoms with Crippen molar-refractivity contribution in [1.29, 1.82) is 0 Å². The van der Waals surface area contributed by atoms with E-state index >= 15 is 0 Å². The largest absolute Gasteiger partial charge is 0.417 e. The lowest BCUT2D eigenvalue weighted by atomic mass is 9.78. The van der Waals surface area contributed by atoms with Crippen molar-refractivity contribution in [2.24, 2.45) is 0 Å². The molecule has 0 bridgehead atoms. The van der Waals surface area contributed by atoms with E-state index < -0.39 is 5.76 Å². The highest BCUT2D eigenvalue weighted by molar-refractivity contribution is 5.73. The molecule has 1 aliphatic carbocycles. The number of hydrogen-bond acceptors (Lipinski definition) is 4. The zero-order valence-corrected chi connectivity index (χ0v) is 10.6. The molecule has 2 aliphatic rings. The lowest BCUT2D eigenvalue weighted by Gasteiger charge is -2.42. The monoisotopic (exact) mass is 260 g/mol. The van der Waals surface area contributed by atoms with Crippen LogP contribution in [-0.2, 0) is 10.2 Å². The summed E-state index contributed by atoms with van der Waals surface area (Å²) in [5, 5.41) is 3.58. The molecular weight excluding hydrogens is 244 g/mol. The summed E-state index contributed by atoms with van der Waals surface area (Å²) in [7, 11) is 0. The maximum atomic E-state index is 11.2. The summed E-state index contributed by atoms with van der Waals surface area (Å²) in [5.74, 6) is -0.401. The minimum atomic E-state index is -0.401. The summed E-state index contributed by atoms with van der Waals surface area (Å²) in [6.45, 7) is 2.41. The summed E-state index contributed by atoms with van der Waals surface area (Å²) in [6, 6.07) is 6.60. The van der Waals surface area contributed by atoms with E-state index in [-0.39, 0.29) is 5.41 Å². The molecule has 1 saturated heterocycles. The molecule has 2 heterocycles. The molecule has 0 amide bonds. The molecule has 2 N–H and O–H groups in total. The maximum absolute atomic E-state index is 11.2. The summed E-state index contributed by atoms with van der Waals surface area (Å²) < 4.78 is 10.5. The van der Waals surface area contributed by atoms with Crippen LogP contribution in [0.2, 0.25) is 0 Å². The predicted molar refractivity (Wildman–Crippen MR) is 70.4 cm³/mol. The Bertz CT molecular complexity index is 665. The molecule has 2 fully saturated rings. The molecule has 0 spiro atoms. The van der Waals surface area contributed by atoms with E-state index in [1.54, 1.807) is 0 Å². The number of aromatic amines is 1. The van der Waals surface area contributed by atoms with E-state index in [1.165, 1.54) is 18.4 Å². The average Bonchev–Trinajstić information content (AvgIpc) is 3.08. The Balaban J connectivity index is 1.67.